The van der Waals surface area contributed by atoms with E-state index >= 15 is 0 Å². The predicted molar refractivity (Wildman–Crippen MR) is 48.8 cm³/mol. The molecular formula is C6H3BrClFO3S. The maximum atomic E-state index is 12.9. The van der Waals surface area contributed by atoms with Crippen LogP contribution in [0.1, 0.15) is 0 Å². The third kappa shape index (κ3) is 2.12. The summed E-state index contributed by atoms with van der Waals surface area (Å²) in [5.74, 6) is -2.04. The number of hydrogen-bond acceptors (Lipinski definition) is 3. The number of hydrogen-bond donors (Lipinski definition) is 1. The van der Waals surface area contributed by atoms with Crippen LogP contribution >= 0.6 is 26.6 Å². The zero-order valence-electron chi connectivity index (χ0n) is 5.96. The number of halogens is 3. The summed E-state index contributed by atoms with van der Waals surface area (Å²) in [5.41, 5.74) is 0. The fourth-order valence-corrected chi connectivity index (χ4v) is 1.96. The van der Waals surface area contributed by atoms with E-state index < -0.39 is 25.5 Å². The molecule has 1 rings (SSSR count). The fourth-order valence-electron chi connectivity index (χ4n) is 0.719. The molecule has 0 saturated carbocycles. The van der Waals surface area contributed by atoms with Gasteiger partial charge in [-0.15, -0.1) is 0 Å². The lowest BCUT2D eigenvalue weighted by atomic mass is 10.3. The zero-order valence-corrected chi connectivity index (χ0v) is 9.12. The van der Waals surface area contributed by atoms with E-state index in [-0.39, 0.29) is 4.47 Å². The Balaban J connectivity index is 3.53. The summed E-state index contributed by atoms with van der Waals surface area (Å²) < 4.78 is 34.3. The monoisotopic (exact) mass is 288 g/mol. The highest BCUT2D eigenvalue weighted by Gasteiger charge is 2.20. The number of rotatable bonds is 1. The van der Waals surface area contributed by atoms with Crippen molar-refractivity contribution in [3.05, 3.63) is 22.4 Å². The number of aromatic hydroxyl groups is 1. The molecule has 0 radical (unpaired) electrons. The average Bonchev–Trinajstić information content (AvgIpc) is 1.98. The lowest BCUT2D eigenvalue weighted by Gasteiger charge is -2.02. The van der Waals surface area contributed by atoms with Crippen LogP contribution in [-0.2, 0) is 9.05 Å². The van der Waals surface area contributed by atoms with Gasteiger partial charge in [-0.1, -0.05) is 0 Å². The minimum absolute atomic E-state index is 0.0333. The molecule has 0 fully saturated rings. The van der Waals surface area contributed by atoms with Crippen LogP contribution in [0.5, 0.6) is 5.75 Å². The van der Waals surface area contributed by atoms with Gasteiger partial charge in [0.1, 0.15) is 4.90 Å². The van der Waals surface area contributed by atoms with Crippen molar-refractivity contribution in [1.82, 2.24) is 0 Å². The number of phenols is 1. The summed E-state index contributed by atoms with van der Waals surface area (Å²) in [6, 6.07) is 2.15. The first-order valence-electron chi connectivity index (χ1n) is 2.95. The molecule has 0 heterocycles. The summed E-state index contributed by atoms with van der Waals surface area (Å²) >= 11 is 2.77. The molecule has 0 aromatic heterocycles. The number of benzene rings is 1. The maximum Gasteiger partial charge on any atom is 0.265 e. The van der Waals surface area contributed by atoms with Crippen molar-refractivity contribution in [3.63, 3.8) is 0 Å². The van der Waals surface area contributed by atoms with E-state index in [4.69, 9.17) is 15.8 Å². The molecule has 0 aliphatic rings. The minimum atomic E-state index is -4.11. The molecule has 0 bridgehead atoms. The first kappa shape index (κ1) is 10.7. The molecule has 0 spiro atoms. The molecule has 13 heavy (non-hydrogen) atoms. The highest BCUT2D eigenvalue weighted by molar-refractivity contribution is 9.10. The first-order chi connectivity index (χ1) is 5.84. The second-order valence-electron chi connectivity index (χ2n) is 2.15. The van der Waals surface area contributed by atoms with Crippen molar-refractivity contribution in [3.8, 4) is 5.75 Å². The summed E-state index contributed by atoms with van der Waals surface area (Å²) in [7, 11) is 0.807. The molecule has 0 amide bonds. The van der Waals surface area contributed by atoms with E-state index in [0.717, 1.165) is 12.1 Å². The molecule has 1 aromatic carbocycles. The minimum Gasteiger partial charge on any atom is -0.504 e. The summed E-state index contributed by atoms with van der Waals surface area (Å²) in [4.78, 5) is -0.644. The fraction of sp³-hybridized carbons (Fsp3) is 0. The van der Waals surface area contributed by atoms with Gasteiger partial charge in [0.15, 0.2) is 11.6 Å². The van der Waals surface area contributed by atoms with Gasteiger partial charge in [0.25, 0.3) is 9.05 Å². The zero-order chi connectivity index (χ0) is 10.2. The van der Waals surface area contributed by atoms with Crippen molar-refractivity contribution in [2.45, 2.75) is 4.90 Å². The van der Waals surface area contributed by atoms with Gasteiger partial charge in [-0.3, -0.25) is 0 Å². The van der Waals surface area contributed by atoms with Gasteiger partial charge in [0, 0.05) is 10.7 Å². The molecule has 7 heteroatoms. The number of phenolic OH excluding ortho intramolecular Hbond substituents is 1. The lowest BCUT2D eigenvalue weighted by Crippen LogP contribution is -1.93. The second-order valence-corrected chi connectivity index (χ2v) is 5.53. The van der Waals surface area contributed by atoms with Gasteiger partial charge >= 0.3 is 0 Å². The maximum absolute atomic E-state index is 12.9. The van der Waals surface area contributed by atoms with Crippen molar-refractivity contribution >= 4 is 35.7 Å². The highest BCUT2D eigenvalue weighted by Crippen LogP contribution is 2.32. The molecule has 0 aliphatic carbocycles. The van der Waals surface area contributed by atoms with Crippen LogP contribution in [0.4, 0.5) is 4.39 Å². The topological polar surface area (TPSA) is 54.4 Å². The van der Waals surface area contributed by atoms with Crippen LogP contribution in [0.15, 0.2) is 21.5 Å². The predicted octanol–water partition coefficient (Wildman–Crippen LogP) is 2.22. The molecule has 3 nitrogen and oxygen atoms in total. The molecule has 0 atom stereocenters. The van der Waals surface area contributed by atoms with Gasteiger partial charge in [-0.05, 0) is 28.1 Å². The van der Waals surface area contributed by atoms with Crippen LogP contribution in [-0.4, -0.2) is 13.5 Å². The van der Waals surface area contributed by atoms with Crippen LogP contribution in [0.3, 0.4) is 0 Å². The molecule has 0 saturated heterocycles. The normalized spacial score (nSPS) is 11.6. The van der Waals surface area contributed by atoms with Gasteiger partial charge in [0.2, 0.25) is 0 Å². The molecular weight excluding hydrogens is 286 g/mol. The standard InChI is InChI=1S/C6H3BrClFO3S/c7-3-1-2-4(13(8,11)12)6(10)5(3)9/h1-2,10H. The Labute approximate surface area is 86.7 Å². The van der Waals surface area contributed by atoms with Crippen molar-refractivity contribution < 1.29 is 17.9 Å². The summed E-state index contributed by atoms with van der Waals surface area (Å²) in [6.07, 6.45) is 0. The average molecular weight is 290 g/mol. The van der Waals surface area contributed by atoms with E-state index in [1.807, 2.05) is 0 Å². The van der Waals surface area contributed by atoms with E-state index in [2.05, 4.69) is 15.9 Å². The Hall–Kier alpha value is -0.330. The third-order valence-electron chi connectivity index (χ3n) is 1.29. The highest BCUT2D eigenvalue weighted by atomic mass is 79.9. The Bertz CT molecular complexity index is 445. The lowest BCUT2D eigenvalue weighted by molar-refractivity contribution is 0.416. The van der Waals surface area contributed by atoms with Crippen molar-refractivity contribution in [2.24, 2.45) is 0 Å². The second kappa shape index (κ2) is 3.43. The van der Waals surface area contributed by atoms with Crippen LogP contribution in [0, 0.1) is 5.82 Å². The first-order valence-corrected chi connectivity index (χ1v) is 6.06. The largest absolute Gasteiger partial charge is 0.504 e. The van der Waals surface area contributed by atoms with E-state index in [9.17, 15) is 12.8 Å². The Morgan fingerprint density at radius 1 is 1.46 bits per heavy atom. The Morgan fingerprint density at radius 3 is 2.46 bits per heavy atom. The van der Waals surface area contributed by atoms with Crippen LogP contribution in [0.2, 0.25) is 0 Å². The summed E-state index contributed by atoms with van der Waals surface area (Å²) in [6.45, 7) is 0. The summed E-state index contributed by atoms with van der Waals surface area (Å²) in [5, 5.41) is 9.05. The van der Waals surface area contributed by atoms with Crippen LogP contribution in [0.25, 0.3) is 0 Å². The Kier molecular flexibility index (Phi) is 2.84. The van der Waals surface area contributed by atoms with Gasteiger partial charge in [-0.2, -0.15) is 0 Å². The molecule has 0 unspecified atom stereocenters. The van der Waals surface area contributed by atoms with Crippen molar-refractivity contribution in [1.29, 1.82) is 0 Å². The van der Waals surface area contributed by atoms with E-state index in [1.54, 1.807) is 0 Å². The Morgan fingerprint density at radius 2 is 2.00 bits per heavy atom. The van der Waals surface area contributed by atoms with Gasteiger partial charge in [0.05, 0.1) is 4.47 Å². The SMILES string of the molecule is O=S(=O)(Cl)c1ccc(Br)c(F)c1O. The van der Waals surface area contributed by atoms with E-state index in [0.29, 0.717) is 0 Å². The quantitative estimate of drug-likeness (QED) is 0.807. The molecule has 72 valence electrons. The molecule has 0 aliphatic heterocycles. The van der Waals surface area contributed by atoms with Gasteiger partial charge in [-0.25, -0.2) is 12.8 Å². The van der Waals surface area contributed by atoms with Crippen molar-refractivity contribution in [2.75, 3.05) is 0 Å². The van der Waals surface area contributed by atoms with E-state index in [1.165, 1.54) is 0 Å². The van der Waals surface area contributed by atoms with Crippen LogP contribution < -0.4 is 0 Å². The molecule has 1 N–H and O–H groups in total. The smallest absolute Gasteiger partial charge is 0.265 e. The third-order valence-corrected chi connectivity index (χ3v) is 3.26. The molecule has 1 aromatic rings. The van der Waals surface area contributed by atoms with Gasteiger partial charge < -0.3 is 5.11 Å².